The molecule has 0 aliphatic heterocycles. The van der Waals surface area contributed by atoms with Crippen molar-refractivity contribution < 1.29 is 19.5 Å². The van der Waals surface area contributed by atoms with Gasteiger partial charge in [-0.15, -0.1) is 0 Å². The molecule has 2 aromatic rings. The van der Waals surface area contributed by atoms with Gasteiger partial charge in [-0.25, -0.2) is 4.79 Å². The Morgan fingerprint density at radius 1 is 0.975 bits per heavy atom. The van der Waals surface area contributed by atoms with Crippen molar-refractivity contribution in [2.45, 2.75) is 101 Å². The average molecular weight is 570 g/mol. The fraction of sp³-hybridized carbons (Fsp3) is 0.548. The third kappa shape index (κ3) is 16.1. The molecule has 0 aliphatic carbocycles. The van der Waals surface area contributed by atoms with E-state index >= 15 is 0 Å². The van der Waals surface area contributed by atoms with E-state index < -0.39 is 11.1 Å². The maximum absolute atomic E-state index is 12.5. The van der Waals surface area contributed by atoms with E-state index in [0.29, 0.717) is 25.1 Å². The molecular weight excluding hydrogens is 509 g/mol. The highest BCUT2D eigenvalue weighted by Crippen LogP contribution is 2.23. The standard InChI is InChI=1S/C23H33N5O2.3C2H6.CH3F.CH4.H2O/c1-7-15-13-19(26-18(15)8-2)20(29)25-17-11-9-16(10-12-17)23(5,6)28-21(30)27-22(3,4)14-24;4*1-2;;/h7,9-13,26H,1,8,14,24H2,2-6H3,(H,25,29)(H2,27,28,30);3*1-2H3;1H3;1H4;1H2. The lowest BCUT2D eigenvalue weighted by Gasteiger charge is -2.31. The molecule has 0 atom stereocenters. The first-order valence-electron chi connectivity index (χ1n) is 13.5. The van der Waals surface area contributed by atoms with Gasteiger partial charge in [0.05, 0.1) is 12.7 Å². The maximum Gasteiger partial charge on any atom is 0.315 e. The van der Waals surface area contributed by atoms with E-state index in [1.54, 1.807) is 12.1 Å². The molecule has 0 fully saturated rings. The summed E-state index contributed by atoms with van der Waals surface area (Å²) in [6, 6.07) is 8.90. The minimum Gasteiger partial charge on any atom is -0.412 e. The third-order valence-corrected chi connectivity index (χ3v) is 5.00. The summed E-state index contributed by atoms with van der Waals surface area (Å²) in [6.45, 7) is 25.7. The molecule has 0 unspecified atom stereocenters. The number of H-pyrrole nitrogens is 1. The van der Waals surface area contributed by atoms with E-state index in [1.807, 2.05) is 100 Å². The second kappa shape index (κ2) is 24.8. The molecule has 9 heteroatoms. The molecule has 0 saturated heterocycles. The minimum absolute atomic E-state index is 0. The van der Waals surface area contributed by atoms with Crippen molar-refractivity contribution in [1.29, 1.82) is 0 Å². The van der Waals surface area contributed by atoms with E-state index in [2.05, 4.69) is 27.5 Å². The summed E-state index contributed by atoms with van der Waals surface area (Å²) < 4.78 is 9.50. The monoisotopic (exact) mass is 569 g/mol. The first-order valence-corrected chi connectivity index (χ1v) is 13.5. The average Bonchev–Trinajstić information content (AvgIpc) is 3.37. The van der Waals surface area contributed by atoms with Crippen LogP contribution >= 0.6 is 0 Å². The lowest BCUT2D eigenvalue weighted by molar-refractivity contribution is 0.102. The Bertz CT molecular complexity index is 924. The molecule has 3 amide bonds. The Morgan fingerprint density at radius 2 is 1.45 bits per heavy atom. The number of anilines is 1. The number of alkyl halides is 1. The van der Waals surface area contributed by atoms with Crippen molar-refractivity contribution in [3.05, 3.63) is 59.4 Å². The summed E-state index contributed by atoms with van der Waals surface area (Å²) in [4.78, 5) is 28.0. The van der Waals surface area contributed by atoms with Crippen molar-refractivity contribution in [3.8, 4) is 0 Å². The largest absolute Gasteiger partial charge is 0.412 e. The van der Waals surface area contributed by atoms with Gasteiger partial charge in [0.25, 0.3) is 5.91 Å². The highest BCUT2D eigenvalue weighted by Gasteiger charge is 2.26. The van der Waals surface area contributed by atoms with Crippen LogP contribution in [0.4, 0.5) is 14.9 Å². The predicted molar refractivity (Wildman–Crippen MR) is 174 cm³/mol. The number of nitrogens with two attached hydrogens (primary N) is 1. The van der Waals surface area contributed by atoms with Gasteiger partial charge in [0, 0.05) is 23.5 Å². The molecular formula is C31H60FN5O3. The van der Waals surface area contributed by atoms with E-state index in [1.165, 1.54) is 0 Å². The van der Waals surface area contributed by atoms with Crippen LogP contribution in [0.2, 0.25) is 0 Å². The molecule has 8 nitrogen and oxygen atoms in total. The lowest BCUT2D eigenvalue weighted by atomic mass is 9.94. The molecule has 1 aromatic heterocycles. The van der Waals surface area contributed by atoms with Crippen LogP contribution in [0.3, 0.4) is 0 Å². The zero-order valence-electron chi connectivity index (χ0n) is 26.4. The normalized spacial score (nSPS) is 9.35. The quantitative estimate of drug-likeness (QED) is 0.229. The minimum atomic E-state index is -0.606. The van der Waals surface area contributed by atoms with Crippen molar-refractivity contribution >= 4 is 23.7 Å². The fourth-order valence-corrected chi connectivity index (χ4v) is 3.02. The maximum atomic E-state index is 12.5. The first kappa shape index (κ1) is 46.7. The van der Waals surface area contributed by atoms with Gasteiger partial charge in [-0.1, -0.05) is 80.7 Å². The van der Waals surface area contributed by atoms with E-state index in [0.717, 1.165) is 23.2 Å². The Labute approximate surface area is 244 Å². The molecule has 0 spiro atoms. The van der Waals surface area contributed by atoms with Gasteiger partial charge in [0.2, 0.25) is 0 Å². The lowest BCUT2D eigenvalue weighted by Crippen LogP contribution is -2.55. The molecule has 0 radical (unpaired) electrons. The second-order valence-electron chi connectivity index (χ2n) is 8.50. The van der Waals surface area contributed by atoms with Crippen molar-refractivity contribution in [2.24, 2.45) is 5.73 Å². The first-order chi connectivity index (χ1) is 18.0. The van der Waals surface area contributed by atoms with E-state index in [-0.39, 0.29) is 24.8 Å². The number of benzene rings is 1. The number of carbonyl (C=O) groups excluding carboxylic acids is 2. The highest BCUT2D eigenvalue weighted by atomic mass is 19.1. The zero-order chi connectivity index (χ0) is 30.5. The number of rotatable bonds is 8. The molecule has 1 aromatic carbocycles. The Balaban J connectivity index is -0.000000374. The molecule has 0 bridgehead atoms. The van der Waals surface area contributed by atoms with Gasteiger partial charge in [0.15, 0.2) is 0 Å². The van der Waals surface area contributed by atoms with Crippen molar-refractivity contribution in [3.63, 3.8) is 0 Å². The van der Waals surface area contributed by atoms with Gasteiger partial charge in [0.1, 0.15) is 5.69 Å². The van der Waals surface area contributed by atoms with Crippen LogP contribution in [0.1, 0.15) is 111 Å². The van der Waals surface area contributed by atoms with Crippen LogP contribution < -0.4 is 21.7 Å². The number of urea groups is 1. The van der Waals surface area contributed by atoms with Crippen molar-refractivity contribution in [1.82, 2.24) is 15.6 Å². The van der Waals surface area contributed by atoms with Crippen LogP contribution in [0, 0.1) is 0 Å². The van der Waals surface area contributed by atoms with Crippen LogP contribution in [0.5, 0.6) is 0 Å². The van der Waals surface area contributed by atoms with Gasteiger partial charge >= 0.3 is 6.03 Å². The number of aryl methyl sites for hydroxylation is 1. The van der Waals surface area contributed by atoms with E-state index in [4.69, 9.17) is 5.73 Å². The topological polar surface area (TPSA) is 144 Å². The molecule has 40 heavy (non-hydrogen) atoms. The number of hydrogen-bond donors (Lipinski definition) is 5. The second-order valence-corrected chi connectivity index (χ2v) is 8.50. The van der Waals surface area contributed by atoms with Gasteiger partial charge in [-0.2, -0.15) is 0 Å². The third-order valence-electron chi connectivity index (χ3n) is 5.00. The Morgan fingerprint density at radius 3 is 1.82 bits per heavy atom. The molecule has 0 aliphatic rings. The highest BCUT2D eigenvalue weighted by molar-refractivity contribution is 6.03. The van der Waals surface area contributed by atoms with Crippen LogP contribution in [-0.4, -0.2) is 41.7 Å². The molecule has 8 N–H and O–H groups in total. The number of aromatic amines is 1. The smallest absolute Gasteiger partial charge is 0.315 e. The van der Waals surface area contributed by atoms with Crippen molar-refractivity contribution in [2.75, 3.05) is 19.0 Å². The summed E-state index contributed by atoms with van der Waals surface area (Å²) >= 11 is 0. The Kier molecular flexibility index (Phi) is 29.0. The fourth-order valence-electron chi connectivity index (χ4n) is 3.02. The van der Waals surface area contributed by atoms with Crippen LogP contribution in [-0.2, 0) is 12.0 Å². The summed E-state index contributed by atoms with van der Waals surface area (Å²) in [5, 5.41) is 8.71. The number of hydrogen-bond acceptors (Lipinski definition) is 3. The Hall–Kier alpha value is -3.17. The molecule has 2 rings (SSSR count). The summed E-state index contributed by atoms with van der Waals surface area (Å²) in [7, 11) is 0.500. The van der Waals surface area contributed by atoms with Crippen LogP contribution in [0.15, 0.2) is 36.9 Å². The summed E-state index contributed by atoms with van der Waals surface area (Å²) in [5.74, 6) is -0.216. The number of halogens is 1. The number of aromatic nitrogens is 1. The molecule has 0 saturated carbocycles. The van der Waals surface area contributed by atoms with Gasteiger partial charge in [-0.3, -0.25) is 9.18 Å². The molecule has 234 valence electrons. The summed E-state index contributed by atoms with van der Waals surface area (Å²) in [5.41, 5.74) is 8.55. The predicted octanol–water partition coefficient (Wildman–Crippen LogP) is 7.22. The number of nitrogens with one attached hydrogen (secondary N) is 4. The SMILES string of the molecule is C.C=Cc1cc(C(=O)Nc2ccc(C(C)(C)NC(=O)NC(C)(C)CN)cc2)[nH]c1CC.CC.CC.CC.CF.O. The van der Waals surface area contributed by atoms with E-state index in [9.17, 15) is 14.0 Å². The van der Waals surface area contributed by atoms with Gasteiger partial charge < -0.3 is 32.1 Å². The number of carbonyl (C=O) groups is 2. The molecule has 1 heterocycles. The summed E-state index contributed by atoms with van der Waals surface area (Å²) in [6.07, 6.45) is 2.53. The zero-order valence-corrected chi connectivity index (χ0v) is 26.4. The van der Waals surface area contributed by atoms with Crippen LogP contribution in [0.25, 0.3) is 6.08 Å². The number of amides is 3. The van der Waals surface area contributed by atoms with Gasteiger partial charge in [-0.05, 0) is 63.4 Å².